The van der Waals surface area contributed by atoms with Crippen LogP contribution in [0.1, 0.15) is 5.56 Å². The Morgan fingerprint density at radius 2 is 2.06 bits per heavy atom. The molecule has 0 unspecified atom stereocenters. The second kappa shape index (κ2) is 4.03. The number of hydrogen-bond donors (Lipinski definition) is 0. The van der Waals surface area contributed by atoms with E-state index in [0.717, 1.165) is 0 Å². The molecule has 0 aromatic heterocycles. The van der Waals surface area contributed by atoms with Crippen molar-refractivity contribution >= 4 is 25.4 Å². The van der Waals surface area contributed by atoms with Crippen molar-refractivity contribution in [2.24, 2.45) is 0 Å². The van der Waals surface area contributed by atoms with Crippen molar-refractivity contribution in [1.82, 2.24) is 0 Å². The summed E-state index contributed by atoms with van der Waals surface area (Å²) in [5.41, 5.74) is -1.73. The zero-order valence-electron chi connectivity index (χ0n) is 7.35. The molecule has 1 aromatic carbocycles. The molecule has 0 saturated heterocycles. The Morgan fingerprint density at radius 3 is 2.44 bits per heavy atom. The molecule has 9 heteroatoms. The number of rotatable bonds is 2. The zero-order valence-corrected chi connectivity index (χ0v) is 8.92. The minimum absolute atomic E-state index is 0.449. The van der Waals surface area contributed by atoms with Gasteiger partial charge in [-0.2, -0.15) is 5.26 Å². The molecular weight excluding hydrogens is 263 g/mol. The van der Waals surface area contributed by atoms with Gasteiger partial charge in [-0.05, 0) is 6.07 Å². The molecule has 0 fully saturated rings. The molecule has 0 radical (unpaired) electrons. The van der Waals surface area contributed by atoms with E-state index in [1.807, 2.05) is 0 Å². The highest BCUT2D eigenvalue weighted by Gasteiger charge is 2.26. The van der Waals surface area contributed by atoms with Gasteiger partial charge in [0.2, 0.25) is 0 Å². The highest BCUT2D eigenvalue weighted by molar-refractivity contribution is 8.13. The minimum atomic E-state index is -4.42. The van der Waals surface area contributed by atoms with E-state index in [0.29, 0.717) is 12.1 Å². The van der Waals surface area contributed by atoms with Crippen LogP contribution in [-0.2, 0) is 9.05 Å². The quantitative estimate of drug-likeness (QED) is 0.458. The lowest BCUT2D eigenvalue weighted by Gasteiger charge is -2.00. The van der Waals surface area contributed by atoms with E-state index in [-0.39, 0.29) is 0 Å². The molecule has 0 aliphatic heterocycles. The van der Waals surface area contributed by atoms with Gasteiger partial charge in [-0.1, -0.05) is 0 Å². The molecule has 0 amide bonds. The first kappa shape index (κ1) is 12.4. The number of benzene rings is 1. The Labute approximate surface area is 93.4 Å². The van der Waals surface area contributed by atoms with Crippen LogP contribution >= 0.6 is 10.7 Å². The van der Waals surface area contributed by atoms with Crippen molar-refractivity contribution in [2.45, 2.75) is 4.90 Å². The summed E-state index contributed by atoms with van der Waals surface area (Å²) in [5, 5.41) is 19.1. The Kier molecular flexibility index (Phi) is 3.11. The summed E-state index contributed by atoms with van der Waals surface area (Å²) >= 11 is 0. The van der Waals surface area contributed by atoms with Crippen LogP contribution in [0.25, 0.3) is 0 Å². The molecule has 84 valence electrons. The van der Waals surface area contributed by atoms with Gasteiger partial charge >= 0.3 is 0 Å². The van der Waals surface area contributed by atoms with Crippen LogP contribution in [0, 0.1) is 27.3 Å². The van der Waals surface area contributed by atoms with E-state index in [4.69, 9.17) is 15.9 Å². The molecule has 0 saturated carbocycles. The summed E-state index contributed by atoms with van der Waals surface area (Å²) in [5.74, 6) is -1.16. The maximum atomic E-state index is 12.9. The van der Waals surface area contributed by atoms with E-state index in [1.165, 1.54) is 6.07 Å². The van der Waals surface area contributed by atoms with Gasteiger partial charge in [0.1, 0.15) is 22.3 Å². The first-order chi connectivity index (χ1) is 7.27. The molecule has 6 nitrogen and oxygen atoms in total. The molecule has 1 rings (SSSR count). The molecule has 0 atom stereocenters. The average molecular weight is 265 g/mol. The first-order valence-corrected chi connectivity index (χ1v) is 5.91. The molecule has 0 spiro atoms. The Balaban J connectivity index is 3.78. The van der Waals surface area contributed by atoms with Gasteiger partial charge in [-0.15, -0.1) is 0 Å². The fraction of sp³-hybridized carbons (Fsp3) is 0. The Morgan fingerprint density at radius 1 is 1.50 bits per heavy atom. The maximum Gasteiger partial charge on any atom is 0.291 e. The largest absolute Gasteiger partial charge is 0.291 e. The fourth-order valence-corrected chi connectivity index (χ4v) is 2.03. The highest BCUT2D eigenvalue weighted by Crippen LogP contribution is 2.28. The molecule has 0 aliphatic rings. The lowest BCUT2D eigenvalue weighted by atomic mass is 10.2. The monoisotopic (exact) mass is 264 g/mol. The Hall–Kier alpha value is -1.72. The molecule has 16 heavy (non-hydrogen) atoms. The van der Waals surface area contributed by atoms with Gasteiger partial charge in [0.05, 0.1) is 11.0 Å². The number of nitrogens with zero attached hydrogens (tertiary/aromatic N) is 2. The van der Waals surface area contributed by atoms with Crippen molar-refractivity contribution in [3.05, 3.63) is 33.6 Å². The van der Waals surface area contributed by atoms with Crippen LogP contribution in [0.15, 0.2) is 17.0 Å². The van der Waals surface area contributed by atoms with E-state index in [1.54, 1.807) is 0 Å². The summed E-state index contributed by atoms with van der Waals surface area (Å²) in [6.07, 6.45) is 0. The van der Waals surface area contributed by atoms with E-state index in [2.05, 4.69) is 0 Å². The number of hydrogen-bond acceptors (Lipinski definition) is 5. The van der Waals surface area contributed by atoms with Crippen LogP contribution in [0.5, 0.6) is 0 Å². The molecule has 1 aromatic rings. The predicted molar refractivity (Wildman–Crippen MR) is 50.8 cm³/mol. The van der Waals surface area contributed by atoms with Crippen LogP contribution < -0.4 is 0 Å². The molecule has 0 bridgehead atoms. The second-order valence-electron chi connectivity index (χ2n) is 2.60. The lowest BCUT2D eigenvalue weighted by molar-refractivity contribution is -0.385. The zero-order chi connectivity index (χ0) is 12.5. The van der Waals surface area contributed by atoms with Crippen LogP contribution in [0.2, 0.25) is 0 Å². The summed E-state index contributed by atoms with van der Waals surface area (Å²) in [6, 6.07) is 2.21. The van der Waals surface area contributed by atoms with Gasteiger partial charge in [0.15, 0.2) is 0 Å². The second-order valence-corrected chi connectivity index (χ2v) is 5.14. The van der Waals surface area contributed by atoms with Gasteiger partial charge in [0, 0.05) is 10.7 Å². The van der Waals surface area contributed by atoms with Crippen molar-refractivity contribution in [1.29, 1.82) is 5.26 Å². The van der Waals surface area contributed by atoms with Gasteiger partial charge in [0.25, 0.3) is 14.7 Å². The molecular formula is C7H2ClFN2O4S. The van der Waals surface area contributed by atoms with Gasteiger partial charge in [-0.25, -0.2) is 12.8 Å². The predicted octanol–water partition coefficient (Wildman–Crippen LogP) is 1.53. The summed E-state index contributed by atoms with van der Waals surface area (Å²) in [6.45, 7) is 0. The minimum Gasteiger partial charge on any atom is -0.258 e. The molecule has 0 N–H and O–H groups in total. The standard InChI is InChI=1S/C7H2ClFN2O4S/c8-16(14,15)7-2-4(9)1-6(11(12)13)5(7)3-10/h1-2H. The normalized spacial score (nSPS) is 10.8. The third-order valence-corrected chi connectivity index (χ3v) is 2.96. The highest BCUT2D eigenvalue weighted by atomic mass is 35.7. The molecule has 0 aliphatic carbocycles. The lowest BCUT2D eigenvalue weighted by Crippen LogP contribution is -2.01. The van der Waals surface area contributed by atoms with Crippen LogP contribution in [-0.4, -0.2) is 13.3 Å². The SMILES string of the molecule is N#Cc1c([N+](=O)[O-])cc(F)cc1S(=O)(=O)Cl. The smallest absolute Gasteiger partial charge is 0.258 e. The van der Waals surface area contributed by atoms with Crippen molar-refractivity contribution in [3.63, 3.8) is 0 Å². The Bertz CT molecular complexity index is 608. The summed E-state index contributed by atoms with van der Waals surface area (Å²) in [7, 11) is 0.504. The number of nitriles is 1. The van der Waals surface area contributed by atoms with Crippen molar-refractivity contribution < 1.29 is 17.7 Å². The van der Waals surface area contributed by atoms with Crippen molar-refractivity contribution in [3.8, 4) is 6.07 Å². The van der Waals surface area contributed by atoms with Crippen LogP contribution in [0.3, 0.4) is 0 Å². The fourth-order valence-electron chi connectivity index (χ4n) is 1.02. The number of nitro groups is 1. The van der Waals surface area contributed by atoms with Gasteiger partial charge in [-0.3, -0.25) is 10.1 Å². The van der Waals surface area contributed by atoms with E-state index >= 15 is 0 Å². The number of halogens is 2. The van der Waals surface area contributed by atoms with Crippen molar-refractivity contribution in [2.75, 3.05) is 0 Å². The van der Waals surface area contributed by atoms with E-state index in [9.17, 15) is 22.9 Å². The first-order valence-electron chi connectivity index (χ1n) is 3.60. The number of nitro benzene ring substituents is 1. The average Bonchev–Trinajstić information content (AvgIpc) is 2.14. The van der Waals surface area contributed by atoms with Gasteiger partial charge < -0.3 is 0 Å². The summed E-state index contributed by atoms with van der Waals surface area (Å²) < 4.78 is 34.8. The third-order valence-electron chi connectivity index (χ3n) is 1.62. The maximum absolute atomic E-state index is 12.9. The van der Waals surface area contributed by atoms with Crippen LogP contribution in [0.4, 0.5) is 10.1 Å². The topological polar surface area (TPSA) is 101 Å². The molecule has 0 heterocycles. The third kappa shape index (κ3) is 2.26. The van der Waals surface area contributed by atoms with E-state index < -0.39 is 35.9 Å². The summed E-state index contributed by atoms with van der Waals surface area (Å²) in [4.78, 5) is 8.49.